The molecule has 5 heteroatoms. The van der Waals surface area contributed by atoms with Crippen LogP contribution in [0.1, 0.15) is 12.5 Å². The van der Waals surface area contributed by atoms with Crippen LogP contribution in [0.2, 0.25) is 0 Å². The fourth-order valence-electron chi connectivity index (χ4n) is 4.86. The van der Waals surface area contributed by atoms with Gasteiger partial charge in [-0.15, -0.1) is 90.0 Å². The molecule has 0 N–H and O–H groups in total. The summed E-state index contributed by atoms with van der Waals surface area (Å²) in [6.07, 6.45) is 6.42. The molecule has 224 valence electrons. The molecule has 4 aromatic carbocycles. The Balaban J connectivity index is 0.000000144. The number of nitrogens with zero attached hydrogens (tertiary/aromatic N) is 3. The van der Waals surface area contributed by atoms with Crippen LogP contribution in [0.5, 0.6) is 0 Å². The van der Waals surface area contributed by atoms with Gasteiger partial charge in [-0.05, 0) is 47.8 Å². The number of benzene rings is 4. The van der Waals surface area contributed by atoms with Gasteiger partial charge < -0.3 is 19.4 Å². The summed E-state index contributed by atoms with van der Waals surface area (Å²) in [6.45, 7) is 2.14. The van der Waals surface area contributed by atoms with Gasteiger partial charge in [0.2, 0.25) is 0 Å². The number of hydrogen-bond donors (Lipinski definition) is 0. The molecular weight excluding hydrogens is 743 g/mol. The molecule has 0 radical (unpaired) electrons. The molecular formula is C41H30IrN3O. The smallest absolute Gasteiger partial charge is 0.501 e. The molecule has 0 spiro atoms. The summed E-state index contributed by atoms with van der Waals surface area (Å²) in [5.41, 5.74) is 8.89. The van der Waals surface area contributed by atoms with Gasteiger partial charge in [0.1, 0.15) is 5.58 Å². The molecule has 8 aromatic rings. The second-order valence-corrected chi connectivity index (χ2v) is 10.1. The molecule has 0 fully saturated rings. The maximum Gasteiger partial charge on any atom is 3.00 e. The summed E-state index contributed by atoms with van der Waals surface area (Å²) in [7, 11) is 0. The second-order valence-electron chi connectivity index (χ2n) is 10.1. The van der Waals surface area contributed by atoms with Crippen LogP contribution in [-0.2, 0) is 26.5 Å². The van der Waals surface area contributed by atoms with Gasteiger partial charge in [-0.25, -0.2) is 0 Å². The Morgan fingerprint density at radius 3 is 1.74 bits per heavy atom. The first kappa shape index (κ1) is 32.2. The van der Waals surface area contributed by atoms with E-state index in [1.807, 2.05) is 128 Å². The minimum Gasteiger partial charge on any atom is -0.501 e. The van der Waals surface area contributed by atoms with Crippen molar-refractivity contribution in [3.8, 4) is 33.8 Å². The Hall–Kier alpha value is -5.22. The van der Waals surface area contributed by atoms with Gasteiger partial charge in [-0.2, -0.15) is 0 Å². The van der Waals surface area contributed by atoms with E-state index in [0.29, 0.717) is 0 Å². The van der Waals surface area contributed by atoms with Crippen LogP contribution >= 0.6 is 0 Å². The first-order chi connectivity index (χ1) is 22.3. The third kappa shape index (κ3) is 7.89. The van der Waals surface area contributed by atoms with Crippen LogP contribution < -0.4 is 0 Å². The molecule has 0 saturated heterocycles. The molecule has 0 aliphatic carbocycles. The van der Waals surface area contributed by atoms with Crippen LogP contribution in [0.15, 0.2) is 156 Å². The Bertz CT molecular complexity index is 1930. The molecule has 0 saturated carbocycles. The van der Waals surface area contributed by atoms with Crippen LogP contribution in [0.3, 0.4) is 0 Å². The molecule has 4 nitrogen and oxygen atoms in total. The van der Waals surface area contributed by atoms with Crippen LogP contribution in [0.4, 0.5) is 0 Å². The zero-order valence-corrected chi connectivity index (χ0v) is 27.6. The van der Waals surface area contributed by atoms with Crippen molar-refractivity contribution >= 4 is 21.9 Å². The van der Waals surface area contributed by atoms with E-state index in [0.717, 1.165) is 62.1 Å². The average molecular weight is 773 g/mol. The number of rotatable bonds is 4. The Kier molecular flexibility index (Phi) is 11.3. The fourth-order valence-corrected chi connectivity index (χ4v) is 4.86. The molecule has 0 atom stereocenters. The summed E-state index contributed by atoms with van der Waals surface area (Å²) >= 11 is 0. The molecule has 4 heterocycles. The van der Waals surface area contributed by atoms with Crippen LogP contribution in [0, 0.1) is 18.2 Å². The molecule has 46 heavy (non-hydrogen) atoms. The van der Waals surface area contributed by atoms with Gasteiger partial charge in [0.25, 0.3) is 0 Å². The van der Waals surface area contributed by atoms with Crippen LogP contribution in [-0.4, -0.2) is 15.0 Å². The van der Waals surface area contributed by atoms with E-state index in [9.17, 15) is 0 Å². The standard InChI is InChI=1S/C19H14NO.2C11H8N.Ir/c1-2-13-10-11-20-17(12-13)16-8-5-7-15-14-6-3-4-9-18(14)21-19(15)16;2*1-2-6-10(7-3-1)11-8-4-5-9-12-11;/h3-7,9-12H,2H2,1H3;2*1-6,8-9H;/q3*-1;+3. The summed E-state index contributed by atoms with van der Waals surface area (Å²) in [4.78, 5) is 12.9. The van der Waals surface area contributed by atoms with E-state index in [2.05, 4.69) is 52.2 Å². The fraction of sp³-hybridized carbons (Fsp3) is 0.0488. The van der Waals surface area contributed by atoms with Crippen molar-refractivity contribution in [3.63, 3.8) is 0 Å². The first-order valence-corrected chi connectivity index (χ1v) is 14.8. The van der Waals surface area contributed by atoms with Crippen molar-refractivity contribution in [1.82, 2.24) is 15.0 Å². The minimum absolute atomic E-state index is 0. The predicted molar refractivity (Wildman–Crippen MR) is 182 cm³/mol. The monoisotopic (exact) mass is 773 g/mol. The number of pyridine rings is 3. The van der Waals surface area contributed by atoms with Crippen LogP contribution in [0.25, 0.3) is 55.7 Å². The minimum atomic E-state index is 0. The second kappa shape index (κ2) is 16.2. The largest absolute Gasteiger partial charge is 3.00 e. The average Bonchev–Trinajstić information content (AvgIpc) is 3.53. The summed E-state index contributed by atoms with van der Waals surface area (Å²) in [6, 6.07) is 53.2. The maximum absolute atomic E-state index is 6.04. The Morgan fingerprint density at radius 1 is 0.543 bits per heavy atom. The van der Waals surface area contributed by atoms with Gasteiger partial charge in [-0.3, -0.25) is 0 Å². The van der Waals surface area contributed by atoms with Gasteiger partial charge in [0.05, 0.1) is 5.58 Å². The van der Waals surface area contributed by atoms with Crippen molar-refractivity contribution in [1.29, 1.82) is 0 Å². The summed E-state index contributed by atoms with van der Waals surface area (Å²) < 4.78 is 6.04. The van der Waals surface area contributed by atoms with Crippen molar-refractivity contribution in [3.05, 3.63) is 176 Å². The van der Waals surface area contributed by atoms with Crippen molar-refractivity contribution in [2.45, 2.75) is 13.3 Å². The first-order valence-electron chi connectivity index (χ1n) is 14.8. The van der Waals surface area contributed by atoms with E-state index in [-0.39, 0.29) is 20.1 Å². The van der Waals surface area contributed by atoms with Crippen molar-refractivity contribution in [2.24, 2.45) is 0 Å². The summed E-state index contributed by atoms with van der Waals surface area (Å²) in [5, 5.41) is 2.25. The maximum atomic E-state index is 6.04. The zero-order valence-electron chi connectivity index (χ0n) is 25.2. The molecule has 4 aromatic heterocycles. The number of hydrogen-bond acceptors (Lipinski definition) is 4. The van der Waals surface area contributed by atoms with E-state index in [4.69, 9.17) is 4.42 Å². The Morgan fingerprint density at radius 2 is 1.15 bits per heavy atom. The molecule has 0 aliphatic heterocycles. The third-order valence-electron chi connectivity index (χ3n) is 7.13. The van der Waals surface area contributed by atoms with Crippen molar-refractivity contribution < 1.29 is 24.5 Å². The van der Waals surface area contributed by atoms with E-state index < -0.39 is 0 Å². The quantitative estimate of drug-likeness (QED) is 0.167. The number of furan rings is 1. The Labute approximate surface area is 283 Å². The summed E-state index contributed by atoms with van der Waals surface area (Å²) in [5.74, 6) is 0. The molecule has 0 aliphatic rings. The molecule has 0 amide bonds. The zero-order chi connectivity index (χ0) is 30.7. The number of fused-ring (bicyclic) bond motifs is 3. The normalized spacial score (nSPS) is 10.2. The molecule has 8 rings (SSSR count). The van der Waals surface area contributed by atoms with Gasteiger partial charge in [0.15, 0.2) is 0 Å². The van der Waals surface area contributed by atoms with E-state index in [1.165, 1.54) is 5.56 Å². The topological polar surface area (TPSA) is 51.8 Å². The number of aromatic nitrogens is 3. The SMILES string of the molecule is CCc1ccnc(-c2[c-]ccc3c2oc2ccccc23)c1.[Ir+3].[c-]1ccccc1-c1ccccn1.[c-]1ccccc1-c1ccccn1. The van der Waals surface area contributed by atoms with Crippen molar-refractivity contribution in [2.75, 3.05) is 0 Å². The molecule has 0 unspecified atom stereocenters. The molecule has 0 bridgehead atoms. The van der Waals surface area contributed by atoms with Gasteiger partial charge in [0, 0.05) is 24.0 Å². The van der Waals surface area contributed by atoms with Gasteiger partial charge >= 0.3 is 20.1 Å². The van der Waals surface area contributed by atoms with Gasteiger partial charge in [-0.1, -0.05) is 72.0 Å². The van der Waals surface area contributed by atoms with E-state index >= 15 is 0 Å². The predicted octanol–water partition coefficient (Wildman–Crippen LogP) is 10.1. The number of para-hydroxylation sites is 1. The number of aryl methyl sites for hydroxylation is 1. The van der Waals surface area contributed by atoms with E-state index in [1.54, 1.807) is 12.4 Å². The third-order valence-corrected chi connectivity index (χ3v) is 7.13.